The minimum atomic E-state index is -4.84. The number of aromatic amines is 1. The smallest absolute Gasteiger partial charge is 0.435 e. The normalized spacial score (nSPS) is 12.5. The summed E-state index contributed by atoms with van der Waals surface area (Å²) in [6.07, 6.45) is -7.28. The second-order valence-corrected chi connectivity index (χ2v) is 7.56. The van der Waals surface area contributed by atoms with Crippen LogP contribution < -0.4 is 15.0 Å². The summed E-state index contributed by atoms with van der Waals surface area (Å²) in [5.41, 5.74) is -2.93. The largest absolute Gasteiger partial charge is 0.467 e. The summed E-state index contributed by atoms with van der Waals surface area (Å²) in [7, 11) is 1.29. The van der Waals surface area contributed by atoms with E-state index < -0.39 is 54.8 Å². The van der Waals surface area contributed by atoms with Crippen LogP contribution in [0.2, 0.25) is 0 Å². The van der Waals surface area contributed by atoms with Crippen molar-refractivity contribution >= 4 is 17.4 Å². The number of aliphatic hydroxyl groups excluding tert-OH is 1. The molecule has 2 heterocycles. The van der Waals surface area contributed by atoms with Gasteiger partial charge in [-0.25, -0.2) is 27.9 Å². The van der Waals surface area contributed by atoms with E-state index in [9.17, 15) is 36.2 Å². The van der Waals surface area contributed by atoms with Crippen molar-refractivity contribution in [2.75, 3.05) is 17.3 Å². The summed E-state index contributed by atoms with van der Waals surface area (Å²) >= 11 is 0. The van der Waals surface area contributed by atoms with Gasteiger partial charge in [0.15, 0.2) is 5.69 Å². The molecule has 0 radical (unpaired) electrons. The van der Waals surface area contributed by atoms with E-state index in [0.29, 0.717) is 0 Å². The molecule has 1 atom stereocenters. The number of hydrogen-bond acceptors (Lipinski definition) is 6. The number of benzene rings is 1. The Bertz CT molecular complexity index is 1200. The lowest BCUT2D eigenvalue weighted by atomic mass is 10.1. The zero-order valence-electron chi connectivity index (χ0n) is 18.8. The molecule has 0 bridgehead atoms. The van der Waals surface area contributed by atoms with Gasteiger partial charge in [0, 0.05) is 17.7 Å². The third-order valence-electron chi connectivity index (χ3n) is 4.87. The van der Waals surface area contributed by atoms with Gasteiger partial charge in [-0.05, 0) is 25.1 Å². The Kier molecular flexibility index (Phi) is 8.02. The van der Waals surface area contributed by atoms with Crippen molar-refractivity contribution in [3.63, 3.8) is 0 Å². The van der Waals surface area contributed by atoms with Crippen LogP contribution in [0.25, 0.3) is 0 Å². The monoisotopic (exact) mass is 518 g/mol. The first-order chi connectivity index (χ1) is 16.9. The quantitative estimate of drug-likeness (QED) is 0.379. The molecule has 15 heteroatoms. The average Bonchev–Trinajstić information content (AvgIpc) is 3.20. The number of carbonyl (C=O) groups is 1. The molecule has 2 amide bonds. The van der Waals surface area contributed by atoms with Crippen LogP contribution in [0.1, 0.15) is 35.9 Å². The number of amides is 2. The second kappa shape index (κ2) is 10.8. The number of anilines is 2. The van der Waals surface area contributed by atoms with Crippen LogP contribution in [0, 0.1) is 5.82 Å². The maximum atomic E-state index is 13.6. The molecule has 0 saturated heterocycles. The van der Waals surface area contributed by atoms with Gasteiger partial charge in [-0.2, -0.15) is 18.3 Å². The van der Waals surface area contributed by atoms with E-state index in [1.165, 1.54) is 14.0 Å². The summed E-state index contributed by atoms with van der Waals surface area (Å²) in [5.74, 6) is -1.18. The van der Waals surface area contributed by atoms with Gasteiger partial charge in [-0.15, -0.1) is 0 Å². The molecule has 3 aromatic rings. The maximum Gasteiger partial charge on any atom is 0.435 e. The van der Waals surface area contributed by atoms with Crippen molar-refractivity contribution in [3.05, 3.63) is 58.9 Å². The van der Waals surface area contributed by atoms with Crippen molar-refractivity contribution in [2.45, 2.75) is 38.6 Å². The zero-order valence-corrected chi connectivity index (χ0v) is 18.8. The number of aliphatic hydroxyl groups is 1. The predicted octanol–water partition coefficient (Wildman–Crippen LogP) is 4.47. The molecule has 194 valence electrons. The number of nitrogens with zero attached hydrogens (tertiary/aromatic N) is 4. The van der Waals surface area contributed by atoms with Crippen LogP contribution in [0.4, 0.5) is 42.5 Å². The Morgan fingerprint density at radius 3 is 2.47 bits per heavy atom. The van der Waals surface area contributed by atoms with Gasteiger partial charge < -0.3 is 15.2 Å². The molecule has 0 aliphatic carbocycles. The summed E-state index contributed by atoms with van der Waals surface area (Å²) in [5, 5.41) is 17.6. The first kappa shape index (κ1) is 26.7. The summed E-state index contributed by atoms with van der Waals surface area (Å²) < 4.78 is 85.0. The number of methoxy groups -OCH3 is 1. The number of urea groups is 1. The molecule has 2 aromatic heterocycles. The molecule has 1 aromatic carbocycles. The number of aromatic nitrogens is 4. The van der Waals surface area contributed by atoms with Gasteiger partial charge in [-0.3, -0.25) is 10.00 Å². The van der Waals surface area contributed by atoms with Crippen LogP contribution >= 0.6 is 0 Å². The van der Waals surface area contributed by atoms with Crippen LogP contribution in [0.5, 0.6) is 6.01 Å². The molecule has 36 heavy (non-hydrogen) atoms. The first-order valence-corrected chi connectivity index (χ1v) is 10.2. The van der Waals surface area contributed by atoms with Crippen LogP contribution in [0.15, 0.2) is 30.6 Å². The third kappa shape index (κ3) is 6.21. The van der Waals surface area contributed by atoms with Crippen molar-refractivity contribution in [1.82, 2.24) is 20.2 Å². The summed E-state index contributed by atoms with van der Waals surface area (Å²) in [4.78, 5) is 21.8. The van der Waals surface area contributed by atoms with Crippen molar-refractivity contribution < 1.29 is 41.0 Å². The van der Waals surface area contributed by atoms with Crippen LogP contribution in [-0.4, -0.2) is 44.5 Å². The Balaban J connectivity index is 2.00. The number of alkyl halides is 5. The van der Waals surface area contributed by atoms with E-state index in [1.54, 1.807) is 0 Å². The lowest BCUT2D eigenvalue weighted by Gasteiger charge is -2.23. The molecule has 0 aliphatic heterocycles. The van der Waals surface area contributed by atoms with E-state index in [0.717, 1.165) is 35.5 Å². The Morgan fingerprint density at radius 2 is 1.92 bits per heavy atom. The van der Waals surface area contributed by atoms with Gasteiger partial charge in [-0.1, -0.05) is 0 Å². The van der Waals surface area contributed by atoms with Gasteiger partial charge in [0.05, 0.1) is 49.1 Å². The number of halogens is 6. The van der Waals surface area contributed by atoms with Crippen molar-refractivity contribution in [1.29, 1.82) is 0 Å². The molecular weight excluding hydrogens is 498 g/mol. The minimum Gasteiger partial charge on any atom is -0.467 e. The summed E-state index contributed by atoms with van der Waals surface area (Å²) in [6.45, 7) is 0.753. The fourth-order valence-electron chi connectivity index (χ4n) is 3.25. The van der Waals surface area contributed by atoms with E-state index in [2.05, 4.69) is 25.5 Å². The van der Waals surface area contributed by atoms with Crippen LogP contribution in [-0.2, 0) is 19.1 Å². The van der Waals surface area contributed by atoms with Crippen molar-refractivity contribution in [2.24, 2.45) is 0 Å². The fourth-order valence-corrected chi connectivity index (χ4v) is 3.25. The highest BCUT2D eigenvalue weighted by Gasteiger charge is 2.38. The molecule has 0 aliphatic rings. The highest BCUT2D eigenvalue weighted by atomic mass is 19.4. The van der Waals surface area contributed by atoms with Gasteiger partial charge in [0.1, 0.15) is 5.82 Å². The molecule has 0 spiro atoms. The number of carbonyl (C=O) groups excluding carboxylic acids is 1. The Hall–Kier alpha value is -3.88. The highest BCUT2D eigenvalue weighted by Crippen LogP contribution is 2.33. The SMILES string of the molecule is COc1ncc(N(Cc2[nH]nc(C(F)(F)F)c2CC(C)O)C(=O)Nc2ccc(F)c(C(F)F)c2)cn1. The maximum absolute atomic E-state index is 13.6. The second-order valence-electron chi connectivity index (χ2n) is 7.56. The summed E-state index contributed by atoms with van der Waals surface area (Å²) in [6, 6.07) is 1.47. The van der Waals surface area contributed by atoms with Crippen LogP contribution in [0.3, 0.4) is 0 Å². The van der Waals surface area contributed by atoms with Gasteiger partial charge in [0.25, 0.3) is 6.43 Å². The number of hydrogen-bond donors (Lipinski definition) is 3. The molecule has 1 unspecified atom stereocenters. The lowest BCUT2D eigenvalue weighted by Crippen LogP contribution is -2.35. The Labute approximate surface area is 200 Å². The fraction of sp³-hybridized carbons (Fsp3) is 0.333. The molecule has 3 rings (SSSR count). The van der Waals surface area contributed by atoms with Gasteiger partial charge in [0.2, 0.25) is 0 Å². The number of H-pyrrole nitrogens is 1. The Morgan fingerprint density at radius 1 is 1.25 bits per heavy atom. The predicted molar refractivity (Wildman–Crippen MR) is 114 cm³/mol. The van der Waals surface area contributed by atoms with E-state index in [1.807, 2.05) is 0 Å². The van der Waals surface area contributed by atoms with E-state index >= 15 is 0 Å². The molecule has 0 fully saturated rings. The molecule has 9 nitrogen and oxygen atoms in total. The third-order valence-corrected chi connectivity index (χ3v) is 4.87. The van der Waals surface area contributed by atoms with Gasteiger partial charge >= 0.3 is 18.2 Å². The topological polar surface area (TPSA) is 116 Å². The highest BCUT2D eigenvalue weighted by molar-refractivity contribution is 6.01. The molecule has 0 saturated carbocycles. The minimum absolute atomic E-state index is 0.00403. The number of rotatable bonds is 8. The molecular formula is C21H20F6N6O3. The van der Waals surface area contributed by atoms with E-state index in [-0.39, 0.29) is 28.6 Å². The first-order valence-electron chi connectivity index (χ1n) is 10.2. The zero-order chi connectivity index (χ0) is 26.6. The van der Waals surface area contributed by atoms with Crippen molar-refractivity contribution in [3.8, 4) is 6.01 Å². The standard InChI is InChI=1S/C21H20F6N6O3/c1-10(34)5-14-16(31-32-17(14)21(25,26)27)9-33(12-7-28-19(36-2)29-8-12)20(35)30-11-3-4-15(22)13(6-11)18(23)24/h3-4,6-8,10,18,34H,5,9H2,1-2H3,(H,30,35)(H,31,32). The number of ether oxygens (including phenoxy) is 1. The lowest BCUT2D eigenvalue weighted by molar-refractivity contribution is -0.141. The van der Waals surface area contributed by atoms with E-state index in [4.69, 9.17) is 4.74 Å². The number of nitrogens with one attached hydrogen (secondary N) is 2. The average molecular weight is 518 g/mol. The molecule has 3 N–H and O–H groups in total.